The molecule has 132 valence electrons. The van der Waals surface area contributed by atoms with E-state index in [1.165, 1.54) is 11.3 Å². The lowest BCUT2D eigenvalue weighted by molar-refractivity contribution is -0.118. The standard InChI is InChI=1S/C19H14Cl2N2O2S/c1-2-9-23-18-15(21)11-13(20)12-16(18)26-19(23)22-17(24)8-10-25-14-6-4-3-5-7-14/h1,3-7,11-12H,8-10H2. The summed E-state index contributed by atoms with van der Waals surface area (Å²) in [6.07, 6.45) is 5.61. The molecule has 2 aromatic carbocycles. The van der Waals surface area contributed by atoms with Crippen LogP contribution < -0.4 is 9.54 Å². The van der Waals surface area contributed by atoms with Gasteiger partial charge in [-0.2, -0.15) is 4.99 Å². The Kier molecular flexibility index (Phi) is 6.00. The predicted molar refractivity (Wildman–Crippen MR) is 106 cm³/mol. The third-order valence-electron chi connectivity index (χ3n) is 3.49. The molecular weight excluding hydrogens is 391 g/mol. The van der Waals surface area contributed by atoms with Crippen LogP contribution in [-0.4, -0.2) is 17.1 Å². The van der Waals surface area contributed by atoms with E-state index in [9.17, 15) is 4.79 Å². The van der Waals surface area contributed by atoms with Crippen molar-refractivity contribution in [2.75, 3.05) is 6.61 Å². The number of fused-ring (bicyclic) bond motifs is 1. The number of amides is 1. The van der Waals surface area contributed by atoms with Crippen LogP contribution in [0.25, 0.3) is 10.2 Å². The molecule has 0 aliphatic rings. The number of rotatable bonds is 5. The monoisotopic (exact) mass is 404 g/mol. The molecule has 3 aromatic rings. The van der Waals surface area contributed by atoms with E-state index in [-0.39, 0.29) is 25.5 Å². The second kappa shape index (κ2) is 8.41. The Hall–Kier alpha value is -2.26. The van der Waals surface area contributed by atoms with Crippen LogP contribution in [0.5, 0.6) is 5.75 Å². The molecule has 1 heterocycles. The van der Waals surface area contributed by atoms with Crippen molar-refractivity contribution in [3.8, 4) is 18.1 Å². The molecule has 1 amide bonds. The van der Waals surface area contributed by atoms with E-state index in [1.54, 1.807) is 16.7 Å². The van der Waals surface area contributed by atoms with Crippen molar-refractivity contribution >= 4 is 50.7 Å². The summed E-state index contributed by atoms with van der Waals surface area (Å²) in [5, 5.41) is 0.992. The molecule has 0 N–H and O–H groups in total. The molecule has 0 saturated heterocycles. The van der Waals surface area contributed by atoms with Gasteiger partial charge in [0.15, 0.2) is 4.80 Å². The summed E-state index contributed by atoms with van der Waals surface area (Å²) in [6, 6.07) is 12.7. The van der Waals surface area contributed by atoms with Crippen LogP contribution >= 0.6 is 34.5 Å². The fourth-order valence-corrected chi connectivity index (χ4v) is 4.22. The molecule has 0 atom stereocenters. The van der Waals surface area contributed by atoms with Crippen molar-refractivity contribution in [1.29, 1.82) is 0 Å². The Balaban J connectivity index is 1.84. The Morgan fingerprint density at radius 2 is 2.04 bits per heavy atom. The van der Waals surface area contributed by atoms with Crippen LogP contribution in [0.3, 0.4) is 0 Å². The van der Waals surface area contributed by atoms with Crippen molar-refractivity contribution in [2.24, 2.45) is 4.99 Å². The second-order valence-corrected chi connectivity index (χ2v) is 7.18. The van der Waals surface area contributed by atoms with Gasteiger partial charge in [-0.15, -0.1) is 6.42 Å². The predicted octanol–water partition coefficient (Wildman–Crippen LogP) is 4.54. The van der Waals surface area contributed by atoms with E-state index < -0.39 is 0 Å². The summed E-state index contributed by atoms with van der Waals surface area (Å²) < 4.78 is 8.10. The number of terminal acetylenes is 1. The normalized spacial score (nSPS) is 11.5. The van der Waals surface area contributed by atoms with Crippen LogP contribution in [0.4, 0.5) is 0 Å². The molecular formula is C19H14Cl2N2O2S. The first-order valence-corrected chi connectivity index (χ1v) is 9.33. The molecule has 0 aliphatic heterocycles. The first kappa shape index (κ1) is 18.5. The minimum Gasteiger partial charge on any atom is -0.493 e. The van der Waals surface area contributed by atoms with Gasteiger partial charge in [0.1, 0.15) is 5.75 Å². The molecule has 26 heavy (non-hydrogen) atoms. The summed E-state index contributed by atoms with van der Waals surface area (Å²) in [6.45, 7) is 0.507. The lowest BCUT2D eigenvalue weighted by atomic mass is 10.3. The number of para-hydroxylation sites is 1. The summed E-state index contributed by atoms with van der Waals surface area (Å²) in [7, 11) is 0. The highest BCUT2D eigenvalue weighted by molar-refractivity contribution is 7.16. The molecule has 3 rings (SSSR count). The van der Waals surface area contributed by atoms with Gasteiger partial charge in [0.05, 0.1) is 34.8 Å². The Morgan fingerprint density at radius 1 is 1.27 bits per heavy atom. The number of hydrogen-bond acceptors (Lipinski definition) is 3. The molecule has 4 nitrogen and oxygen atoms in total. The number of halogens is 2. The largest absolute Gasteiger partial charge is 0.493 e. The van der Waals surface area contributed by atoms with Gasteiger partial charge >= 0.3 is 0 Å². The number of nitrogens with zero attached hydrogens (tertiary/aromatic N) is 2. The van der Waals surface area contributed by atoms with Gasteiger partial charge in [-0.1, -0.05) is 58.7 Å². The van der Waals surface area contributed by atoms with Crippen molar-refractivity contribution in [1.82, 2.24) is 4.57 Å². The molecule has 0 fully saturated rings. The van der Waals surface area contributed by atoms with E-state index in [2.05, 4.69) is 10.9 Å². The van der Waals surface area contributed by atoms with Crippen molar-refractivity contribution < 1.29 is 9.53 Å². The number of carbonyl (C=O) groups excluding carboxylic acids is 1. The van der Waals surface area contributed by atoms with Gasteiger partial charge < -0.3 is 9.30 Å². The first-order chi connectivity index (χ1) is 12.6. The number of benzene rings is 2. The average Bonchev–Trinajstić information content (AvgIpc) is 2.93. The maximum Gasteiger partial charge on any atom is 0.251 e. The quantitative estimate of drug-likeness (QED) is 0.585. The van der Waals surface area contributed by atoms with E-state index in [0.29, 0.717) is 20.6 Å². The van der Waals surface area contributed by atoms with Gasteiger partial charge in [0.2, 0.25) is 0 Å². The molecule has 0 bridgehead atoms. The highest BCUT2D eigenvalue weighted by Crippen LogP contribution is 2.29. The van der Waals surface area contributed by atoms with Crippen LogP contribution in [0, 0.1) is 12.3 Å². The second-order valence-electron chi connectivity index (χ2n) is 5.33. The zero-order chi connectivity index (χ0) is 18.5. The Bertz CT molecular complexity index is 1050. The van der Waals surface area contributed by atoms with Crippen molar-refractivity contribution in [3.05, 3.63) is 57.3 Å². The van der Waals surface area contributed by atoms with Gasteiger partial charge in [-0.3, -0.25) is 4.79 Å². The van der Waals surface area contributed by atoms with Crippen molar-refractivity contribution in [2.45, 2.75) is 13.0 Å². The van der Waals surface area contributed by atoms with Crippen LogP contribution in [0.2, 0.25) is 10.0 Å². The summed E-state index contributed by atoms with van der Waals surface area (Å²) in [4.78, 5) is 16.9. The van der Waals surface area contributed by atoms with E-state index in [4.69, 9.17) is 34.4 Å². The lowest BCUT2D eigenvalue weighted by Crippen LogP contribution is -2.17. The molecule has 0 aliphatic carbocycles. The number of thiazole rings is 1. The number of carbonyl (C=O) groups is 1. The van der Waals surface area contributed by atoms with Gasteiger partial charge in [0.25, 0.3) is 5.91 Å². The first-order valence-electron chi connectivity index (χ1n) is 7.75. The van der Waals surface area contributed by atoms with Gasteiger partial charge in [-0.25, -0.2) is 0 Å². The smallest absolute Gasteiger partial charge is 0.251 e. The minimum absolute atomic E-state index is 0.160. The van der Waals surface area contributed by atoms with Gasteiger partial charge in [-0.05, 0) is 24.3 Å². The average molecular weight is 405 g/mol. The molecule has 0 spiro atoms. The maximum atomic E-state index is 12.2. The number of hydrogen-bond donors (Lipinski definition) is 0. The summed E-state index contributed by atoms with van der Waals surface area (Å²) in [5.41, 5.74) is 0.728. The highest BCUT2D eigenvalue weighted by atomic mass is 35.5. The van der Waals surface area contributed by atoms with Gasteiger partial charge in [0, 0.05) is 5.02 Å². The molecule has 0 saturated carbocycles. The molecule has 0 radical (unpaired) electrons. The van der Waals surface area contributed by atoms with Crippen molar-refractivity contribution in [3.63, 3.8) is 0 Å². The maximum absolute atomic E-state index is 12.2. The minimum atomic E-state index is -0.291. The zero-order valence-corrected chi connectivity index (χ0v) is 15.9. The lowest BCUT2D eigenvalue weighted by Gasteiger charge is -2.04. The summed E-state index contributed by atoms with van der Waals surface area (Å²) in [5.74, 6) is 2.99. The molecule has 1 aromatic heterocycles. The van der Waals surface area contributed by atoms with E-state index in [1.807, 2.05) is 30.3 Å². The fourth-order valence-electron chi connectivity index (χ4n) is 2.39. The Labute approximate surface area is 164 Å². The number of aromatic nitrogens is 1. The molecule has 7 heteroatoms. The third kappa shape index (κ3) is 4.28. The Morgan fingerprint density at radius 3 is 2.77 bits per heavy atom. The number of ether oxygens (including phenoxy) is 1. The van der Waals surface area contributed by atoms with Crippen LogP contribution in [-0.2, 0) is 11.3 Å². The topological polar surface area (TPSA) is 43.6 Å². The SMILES string of the molecule is C#CCn1c(=NC(=O)CCOc2ccccc2)sc2cc(Cl)cc(Cl)c21. The zero-order valence-electron chi connectivity index (χ0n) is 13.6. The van der Waals surface area contributed by atoms with Crippen LogP contribution in [0.15, 0.2) is 47.5 Å². The third-order valence-corrected chi connectivity index (χ3v) is 5.02. The van der Waals surface area contributed by atoms with E-state index >= 15 is 0 Å². The molecule has 0 unspecified atom stereocenters. The van der Waals surface area contributed by atoms with E-state index in [0.717, 1.165) is 10.2 Å². The van der Waals surface area contributed by atoms with Crippen LogP contribution in [0.1, 0.15) is 6.42 Å². The fraction of sp³-hybridized carbons (Fsp3) is 0.158. The summed E-state index contributed by atoms with van der Waals surface area (Å²) >= 11 is 13.7. The highest BCUT2D eigenvalue weighted by Gasteiger charge is 2.12.